The van der Waals surface area contributed by atoms with Crippen molar-refractivity contribution in [1.29, 1.82) is 0 Å². The molecule has 4 rings (SSSR count). The van der Waals surface area contributed by atoms with Gasteiger partial charge < -0.3 is 14.4 Å². The van der Waals surface area contributed by atoms with Gasteiger partial charge in [-0.2, -0.15) is 15.3 Å². The van der Waals surface area contributed by atoms with E-state index >= 15 is 0 Å². The van der Waals surface area contributed by atoms with Crippen LogP contribution in [-0.2, 0) is 22.4 Å². The summed E-state index contributed by atoms with van der Waals surface area (Å²) in [7, 11) is 3.12. The van der Waals surface area contributed by atoms with E-state index in [1.165, 1.54) is 7.11 Å². The highest BCUT2D eigenvalue weighted by molar-refractivity contribution is 5.86. The second-order valence-electron chi connectivity index (χ2n) is 7.94. The third-order valence-corrected chi connectivity index (χ3v) is 5.72. The Labute approximate surface area is 187 Å². The molecule has 0 spiro atoms. The minimum absolute atomic E-state index is 0.0759. The van der Waals surface area contributed by atoms with Gasteiger partial charge in [0.05, 0.1) is 24.9 Å². The number of carbonyl (C=O) groups is 1. The molecule has 8 heteroatoms. The van der Waals surface area contributed by atoms with Crippen molar-refractivity contribution in [3.63, 3.8) is 0 Å². The number of ketones is 1. The van der Waals surface area contributed by atoms with Crippen LogP contribution >= 0.6 is 0 Å². The van der Waals surface area contributed by atoms with E-state index in [-0.39, 0.29) is 12.2 Å². The lowest BCUT2D eigenvalue weighted by atomic mass is 10.0. The molecule has 1 fully saturated rings. The van der Waals surface area contributed by atoms with Crippen LogP contribution in [0, 0.1) is 5.92 Å². The van der Waals surface area contributed by atoms with E-state index in [1.54, 1.807) is 13.3 Å². The van der Waals surface area contributed by atoms with Crippen LogP contribution in [0.15, 0.2) is 54.7 Å². The Kier molecular flexibility index (Phi) is 7.01. The molecule has 0 amide bonds. The monoisotopic (exact) mass is 433 g/mol. The quantitative estimate of drug-likeness (QED) is 0.509. The largest absolute Gasteiger partial charge is 0.497 e. The number of anilines is 1. The molecule has 1 aliphatic heterocycles. The van der Waals surface area contributed by atoms with Crippen molar-refractivity contribution >= 4 is 11.6 Å². The first-order chi connectivity index (χ1) is 15.7. The molecule has 0 bridgehead atoms. The molecule has 0 N–H and O–H groups in total. The lowest BCUT2D eigenvalue weighted by Gasteiger charge is -2.17. The molecule has 1 aliphatic rings. The van der Waals surface area contributed by atoms with Crippen LogP contribution < -0.4 is 9.64 Å². The fraction of sp³-hybridized carbons (Fsp3) is 0.375. The number of nitrogens with zero attached hydrogens (tertiary/aromatic N) is 5. The smallest absolute Gasteiger partial charge is 0.172 e. The molecule has 32 heavy (non-hydrogen) atoms. The Hall–Kier alpha value is -3.39. The van der Waals surface area contributed by atoms with Gasteiger partial charge in [0.1, 0.15) is 11.9 Å². The average Bonchev–Trinajstić information content (AvgIpc) is 3.29. The third kappa shape index (κ3) is 5.26. The van der Waals surface area contributed by atoms with Gasteiger partial charge in [0, 0.05) is 26.4 Å². The summed E-state index contributed by atoms with van der Waals surface area (Å²) in [4.78, 5) is 15.1. The molecule has 8 nitrogen and oxygen atoms in total. The second-order valence-corrected chi connectivity index (χ2v) is 7.94. The summed E-state index contributed by atoms with van der Waals surface area (Å²) < 4.78 is 10.7. The molecular formula is C24H27N5O3. The van der Waals surface area contributed by atoms with Crippen molar-refractivity contribution in [2.45, 2.75) is 25.4 Å². The zero-order valence-electron chi connectivity index (χ0n) is 18.3. The summed E-state index contributed by atoms with van der Waals surface area (Å²) in [5.74, 6) is 1.96. The van der Waals surface area contributed by atoms with E-state index in [0.717, 1.165) is 43.0 Å². The topological polar surface area (TPSA) is 90.3 Å². The maximum Gasteiger partial charge on any atom is 0.172 e. The molecule has 0 unspecified atom stereocenters. The standard InChI is InChI=1S/C24H27N5O3/c1-31-21-7-3-5-18(14-21)24(32-2)22(30)15-20-8-9-23(28-27-20)29-12-10-17(16-29)13-19-6-4-11-25-26-19/h3-9,11,14,17,24H,10,12-13,15-16H2,1-2H3/t17-,24+/m0/s1. The zero-order valence-corrected chi connectivity index (χ0v) is 18.3. The van der Waals surface area contributed by atoms with Crippen molar-refractivity contribution in [2.75, 3.05) is 32.2 Å². The van der Waals surface area contributed by atoms with E-state index in [4.69, 9.17) is 9.47 Å². The van der Waals surface area contributed by atoms with E-state index < -0.39 is 6.10 Å². The van der Waals surface area contributed by atoms with E-state index in [0.29, 0.717) is 17.4 Å². The Morgan fingerprint density at radius 2 is 2.00 bits per heavy atom. The number of ether oxygens (including phenoxy) is 2. The zero-order chi connectivity index (χ0) is 22.3. The predicted molar refractivity (Wildman–Crippen MR) is 120 cm³/mol. The lowest BCUT2D eigenvalue weighted by Crippen LogP contribution is -2.22. The van der Waals surface area contributed by atoms with Gasteiger partial charge in [0.25, 0.3) is 0 Å². The van der Waals surface area contributed by atoms with Gasteiger partial charge in [0.2, 0.25) is 0 Å². The Morgan fingerprint density at radius 3 is 2.72 bits per heavy atom. The molecule has 2 aromatic heterocycles. The van der Waals surface area contributed by atoms with Crippen LogP contribution in [0.1, 0.15) is 29.5 Å². The lowest BCUT2D eigenvalue weighted by molar-refractivity contribution is -0.128. The van der Waals surface area contributed by atoms with Crippen molar-refractivity contribution < 1.29 is 14.3 Å². The fourth-order valence-corrected chi connectivity index (χ4v) is 4.09. The summed E-state index contributed by atoms with van der Waals surface area (Å²) in [6.45, 7) is 1.84. The van der Waals surface area contributed by atoms with Crippen molar-refractivity contribution in [3.8, 4) is 5.75 Å². The van der Waals surface area contributed by atoms with Crippen LogP contribution in [0.5, 0.6) is 5.75 Å². The molecule has 0 saturated carbocycles. The fourth-order valence-electron chi connectivity index (χ4n) is 4.09. The van der Waals surface area contributed by atoms with Gasteiger partial charge in [-0.25, -0.2) is 0 Å². The minimum atomic E-state index is -0.674. The highest BCUT2D eigenvalue weighted by Crippen LogP contribution is 2.25. The first kappa shape index (κ1) is 21.8. The number of hydrogen-bond donors (Lipinski definition) is 0. The summed E-state index contributed by atoms with van der Waals surface area (Å²) in [6.07, 6.45) is 3.16. The molecular weight excluding hydrogens is 406 g/mol. The molecule has 0 aliphatic carbocycles. The normalized spacial score (nSPS) is 16.7. The van der Waals surface area contributed by atoms with Crippen LogP contribution in [0.4, 0.5) is 5.82 Å². The predicted octanol–water partition coefficient (Wildman–Crippen LogP) is 2.84. The number of benzene rings is 1. The first-order valence-electron chi connectivity index (χ1n) is 10.7. The van der Waals surface area contributed by atoms with Crippen LogP contribution in [0.3, 0.4) is 0 Å². The molecule has 3 heterocycles. The van der Waals surface area contributed by atoms with Crippen molar-refractivity contribution in [1.82, 2.24) is 20.4 Å². The van der Waals surface area contributed by atoms with E-state index in [2.05, 4.69) is 25.3 Å². The summed E-state index contributed by atoms with van der Waals surface area (Å²) in [6, 6.07) is 15.1. The molecule has 1 saturated heterocycles. The van der Waals surface area contributed by atoms with Gasteiger partial charge in [-0.05, 0) is 60.7 Å². The highest BCUT2D eigenvalue weighted by atomic mass is 16.5. The first-order valence-corrected chi connectivity index (χ1v) is 10.7. The number of rotatable bonds is 9. The average molecular weight is 434 g/mol. The Balaban J connectivity index is 1.35. The molecule has 3 aromatic rings. The van der Waals surface area contributed by atoms with Gasteiger partial charge >= 0.3 is 0 Å². The number of hydrogen-bond acceptors (Lipinski definition) is 8. The van der Waals surface area contributed by atoms with Crippen LogP contribution in [0.25, 0.3) is 0 Å². The number of Topliss-reactive ketones (excluding diaryl/α,β-unsaturated/α-hetero) is 1. The number of methoxy groups -OCH3 is 2. The minimum Gasteiger partial charge on any atom is -0.497 e. The maximum absolute atomic E-state index is 12.8. The van der Waals surface area contributed by atoms with Crippen molar-refractivity contribution in [2.24, 2.45) is 5.92 Å². The van der Waals surface area contributed by atoms with Crippen molar-refractivity contribution in [3.05, 3.63) is 71.7 Å². The van der Waals surface area contributed by atoms with Gasteiger partial charge in [-0.3, -0.25) is 4.79 Å². The van der Waals surface area contributed by atoms with E-state index in [9.17, 15) is 4.79 Å². The van der Waals surface area contributed by atoms with Gasteiger partial charge in [-0.15, -0.1) is 5.10 Å². The SMILES string of the molecule is COc1cccc([C@@H](OC)C(=O)Cc2ccc(N3CC[C@@H](Cc4cccnn4)C3)nn2)c1. The molecule has 166 valence electrons. The Morgan fingerprint density at radius 1 is 1.09 bits per heavy atom. The second kappa shape index (κ2) is 10.3. The molecule has 1 aromatic carbocycles. The number of aromatic nitrogens is 4. The maximum atomic E-state index is 12.8. The van der Waals surface area contributed by atoms with Gasteiger partial charge in [0.15, 0.2) is 11.6 Å². The third-order valence-electron chi connectivity index (χ3n) is 5.72. The van der Waals surface area contributed by atoms with E-state index in [1.807, 2.05) is 48.5 Å². The van der Waals surface area contributed by atoms with Crippen LogP contribution in [0.2, 0.25) is 0 Å². The van der Waals surface area contributed by atoms with Gasteiger partial charge in [-0.1, -0.05) is 12.1 Å². The molecule has 0 radical (unpaired) electrons. The summed E-state index contributed by atoms with van der Waals surface area (Å²) in [5, 5.41) is 16.8. The van der Waals surface area contributed by atoms with Crippen LogP contribution in [-0.4, -0.2) is 53.5 Å². The highest BCUT2D eigenvalue weighted by Gasteiger charge is 2.25. The Bertz CT molecular complexity index is 1030. The molecule has 2 atom stereocenters. The number of carbonyl (C=O) groups excluding carboxylic acids is 1. The summed E-state index contributed by atoms with van der Waals surface area (Å²) >= 11 is 0. The summed E-state index contributed by atoms with van der Waals surface area (Å²) in [5.41, 5.74) is 2.40.